The Balaban J connectivity index is 1.78. The van der Waals surface area contributed by atoms with Crippen LogP contribution >= 0.6 is 11.6 Å². The molecule has 0 unspecified atom stereocenters. The molecule has 2 amide bonds. The average molecular weight is 384 g/mol. The van der Waals surface area contributed by atoms with E-state index in [9.17, 15) is 9.59 Å². The summed E-state index contributed by atoms with van der Waals surface area (Å²) in [4.78, 5) is 25.3. The summed E-state index contributed by atoms with van der Waals surface area (Å²) in [7, 11) is 0. The lowest BCUT2D eigenvalue weighted by Crippen LogP contribution is -2.45. The van der Waals surface area contributed by atoms with Crippen LogP contribution < -0.4 is 10.6 Å². The van der Waals surface area contributed by atoms with Crippen molar-refractivity contribution < 1.29 is 14.1 Å². The Morgan fingerprint density at radius 3 is 2.56 bits per heavy atom. The summed E-state index contributed by atoms with van der Waals surface area (Å²) >= 11 is 5.95. The number of carbonyl (C=O) groups excluding carboxylic acids is 2. The zero-order valence-electron chi connectivity index (χ0n) is 14.6. The fourth-order valence-electron chi connectivity index (χ4n) is 2.57. The predicted octanol–water partition coefficient (Wildman–Crippen LogP) is 3.62. The van der Waals surface area contributed by atoms with Crippen molar-refractivity contribution in [1.29, 1.82) is 0 Å². The van der Waals surface area contributed by atoms with E-state index >= 15 is 0 Å². The van der Waals surface area contributed by atoms with Gasteiger partial charge in [-0.15, -0.1) is 0 Å². The van der Waals surface area contributed by atoms with Crippen LogP contribution in [0.5, 0.6) is 0 Å². The lowest BCUT2D eigenvalue weighted by atomic mass is 10.0. The van der Waals surface area contributed by atoms with Crippen LogP contribution in [0, 0.1) is 6.92 Å². The quantitative estimate of drug-likeness (QED) is 0.681. The van der Waals surface area contributed by atoms with Crippen molar-refractivity contribution in [3.63, 3.8) is 0 Å². The number of benzene rings is 2. The third-order valence-electron chi connectivity index (χ3n) is 3.87. The number of amides is 2. The zero-order chi connectivity index (χ0) is 19.2. The average Bonchev–Trinajstić information content (AvgIpc) is 3.06. The zero-order valence-corrected chi connectivity index (χ0v) is 15.4. The molecule has 0 spiro atoms. The smallest absolute Gasteiger partial charge is 0.251 e. The second-order valence-corrected chi connectivity index (χ2v) is 6.47. The number of carbonyl (C=O) groups is 2. The molecule has 0 bridgehead atoms. The first-order valence-corrected chi connectivity index (χ1v) is 8.73. The van der Waals surface area contributed by atoms with E-state index in [1.54, 1.807) is 37.3 Å². The normalized spacial score (nSPS) is 11.6. The first-order chi connectivity index (χ1) is 13.0. The predicted molar refractivity (Wildman–Crippen MR) is 103 cm³/mol. The lowest BCUT2D eigenvalue weighted by molar-refractivity contribution is -0.118. The molecule has 7 heteroatoms. The minimum atomic E-state index is -0.795. The van der Waals surface area contributed by atoms with E-state index in [2.05, 4.69) is 15.8 Å². The van der Waals surface area contributed by atoms with E-state index in [0.29, 0.717) is 28.6 Å². The van der Waals surface area contributed by atoms with Gasteiger partial charge in [-0.05, 0) is 30.7 Å². The number of hydrogen-bond donors (Lipinski definition) is 2. The molecule has 0 fully saturated rings. The van der Waals surface area contributed by atoms with Crippen molar-refractivity contribution in [2.75, 3.05) is 5.32 Å². The van der Waals surface area contributed by atoms with Crippen molar-refractivity contribution in [3.05, 3.63) is 82.6 Å². The van der Waals surface area contributed by atoms with Crippen molar-refractivity contribution in [1.82, 2.24) is 10.5 Å². The van der Waals surface area contributed by atoms with Gasteiger partial charge in [0.05, 0.1) is 0 Å². The number of nitrogens with one attached hydrogen (secondary N) is 2. The lowest BCUT2D eigenvalue weighted by Gasteiger charge is -2.18. The van der Waals surface area contributed by atoms with E-state index in [1.165, 1.54) is 0 Å². The molecule has 3 aromatic rings. The second kappa shape index (κ2) is 8.51. The topological polar surface area (TPSA) is 84.2 Å². The summed E-state index contributed by atoms with van der Waals surface area (Å²) in [6, 6.07) is 16.8. The van der Waals surface area contributed by atoms with E-state index in [1.807, 2.05) is 30.3 Å². The van der Waals surface area contributed by atoms with Gasteiger partial charge in [-0.1, -0.05) is 53.2 Å². The first-order valence-electron chi connectivity index (χ1n) is 8.36. The highest BCUT2D eigenvalue weighted by Crippen LogP contribution is 2.13. The Morgan fingerprint density at radius 2 is 1.89 bits per heavy atom. The van der Waals surface area contributed by atoms with Gasteiger partial charge in [-0.25, -0.2) is 0 Å². The van der Waals surface area contributed by atoms with Gasteiger partial charge in [0.25, 0.3) is 5.91 Å². The molecule has 0 aliphatic carbocycles. The van der Waals surface area contributed by atoms with Crippen LogP contribution in [0.2, 0.25) is 5.02 Å². The number of aromatic nitrogens is 1. The van der Waals surface area contributed by atoms with Crippen LogP contribution in [0.25, 0.3) is 0 Å². The summed E-state index contributed by atoms with van der Waals surface area (Å²) < 4.78 is 4.96. The third-order valence-corrected chi connectivity index (χ3v) is 4.11. The second-order valence-electron chi connectivity index (χ2n) is 6.04. The number of halogens is 1. The molecular formula is C20H18ClN3O3. The van der Waals surface area contributed by atoms with Crippen LogP contribution in [0.15, 0.2) is 65.2 Å². The van der Waals surface area contributed by atoms with E-state index in [0.717, 1.165) is 5.56 Å². The highest BCUT2D eigenvalue weighted by Gasteiger charge is 2.23. The highest BCUT2D eigenvalue weighted by atomic mass is 35.5. The molecule has 0 aliphatic heterocycles. The van der Waals surface area contributed by atoms with E-state index < -0.39 is 6.04 Å². The van der Waals surface area contributed by atoms with Crippen LogP contribution in [0.4, 0.5) is 5.82 Å². The van der Waals surface area contributed by atoms with Gasteiger partial charge in [0.1, 0.15) is 11.8 Å². The minimum Gasteiger partial charge on any atom is -0.360 e. The fourth-order valence-corrected chi connectivity index (χ4v) is 2.76. The minimum absolute atomic E-state index is 0.299. The molecule has 6 nitrogen and oxygen atoms in total. The third kappa shape index (κ3) is 5.18. The van der Waals surface area contributed by atoms with Crippen LogP contribution in [0.3, 0.4) is 0 Å². The maximum absolute atomic E-state index is 12.7. The van der Waals surface area contributed by atoms with Gasteiger partial charge in [0.2, 0.25) is 5.91 Å². The summed E-state index contributed by atoms with van der Waals surface area (Å²) in [5.74, 6) is 0.105. The van der Waals surface area contributed by atoms with E-state index in [-0.39, 0.29) is 11.8 Å². The van der Waals surface area contributed by atoms with Gasteiger partial charge in [-0.2, -0.15) is 0 Å². The fraction of sp³-hybridized carbons (Fsp3) is 0.150. The maximum atomic E-state index is 12.7. The molecule has 0 saturated carbocycles. The molecule has 27 heavy (non-hydrogen) atoms. The number of hydrogen-bond acceptors (Lipinski definition) is 4. The Kier molecular flexibility index (Phi) is 5.88. The highest BCUT2D eigenvalue weighted by molar-refractivity contribution is 6.31. The van der Waals surface area contributed by atoms with Crippen molar-refractivity contribution >= 4 is 29.2 Å². The number of rotatable bonds is 6. The molecule has 3 rings (SSSR count). The Morgan fingerprint density at radius 1 is 1.11 bits per heavy atom. The van der Waals surface area contributed by atoms with Crippen LogP contribution in [-0.4, -0.2) is 23.0 Å². The first kappa shape index (κ1) is 18.7. The summed E-state index contributed by atoms with van der Waals surface area (Å²) in [6.45, 7) is 1.73. The van der Waals surface area contributed by atoms with Crippen molar-refractivity contribution in [2.24, 2.45) is 0 Å². The number of nitrogens with zero attached hydrogens (tertiary/aromatic N) is 1. The maximum Gasteiger partial charge on any atom is 0.251 e. The molecule has 2 aromatic carbocycles. The van der Waals surface area contributed by atoms with Gasteiger partial charge < -0.3 is 15.2 Å². The van der Waals surface area contributed by atoms with Crippen LogP contribution in [-0.2, 0) is 11.2 Å². The van der Waals surface area contributed by atoms with Gasteiger partial charge in [-0.3, -0.25) is 9.59 Å². The van der Waals surface area contributed by atoms with Crippen LogP contribution in [0.1, 0.15) is 21.7 Å². The summed E-state index contributed by atoms with van der Waals surface area (Å²) in [5.41, 5.74) is 1.30. The summed E-state index contributed by atoms with van der Waals surface area (Å²) in [6.07, 6.45) is 0.329. The number of aryl methyl sites for hydroxylation is 1. The summed E-state index contributed by atoms with van der Waals surface area (Å²) in [5, 5.41) is 9.64. The molecule has 1 aromatic heterocycles. The number of anilines is 1. The van der Waals surface area contributed by atoms with Gasteiger partial charge in [0.15, 0.2) is 5.82 Å². The monoisotopic (exact) mass is 383 g/mol. The largest absolute Gasteiger partial charge is 0.360 e. The molecule has 0 saturated heterocycles. The Bertz CT molecular complexity index is 940. The van der Waals surface area contributed by atoms with E-state index in [4.69, 9.17) is 16.1 Å². The molecule has 0 radical (unpaired) electrons. The van der Waals surface area contributed by atoms with Crippen molar-refractivity contribution in [3.8, 4) is 0 Å². The molecule has 1 heterocycles. The SMILES string of the molecule is Cc1cc(NC(=O)[C@H](Cc2ccccc2)NC(=O)c2cccc(Cl)c2)no1. The molecule has 2 N–H and O–H groups in total. The molecule has 0 aliphatic rings. The van der Waals surface area contributed by atoms with Crippen molar-refractivity contribution in [2.45, 2.75) is 19.4 Å². The Labute approximate surface area is 161 Å². The van der Waals surface area contributed by atoms with Gasteiger partial charge in [0, 0.05) is 23.1 Å². The molecular weight excluding hydrogens is 366 g/mol. The standard InChI is InChI=1S/C20H18ClN3O3/c1-13-10-18(24-27-13)23-20(26)17(11-14-6-3-2-4-7-14)22-19(25)15-8-5-9-16(21)12-15/h2-10,12,17H,11H2,1H3,(H,22,25)(H,23,24,26)/t17-/m0/s1. The molecule has 138 valence electrons. The Hall–Kier alpha value is -3.12. The molecule has 1 atom stereocenters. The van der Waals surface area contributed by atoms with Gasteiger partial charge >= 0.3 is 0 Å².